The van der Waals surface area contributed by atoms with E-state index in [1.165, 1.54) is 276 Å². The minimum atomic E-state index is -4.61. The molecule has 0 aromatic heterocycles. The number of unbranched alkanes of at least 4 members (excludes halogenated alkanes) is 46. The van der Waals surface area contributed by atoms with Crippen molar-refractivity contribution in [2.75, 3.05) is 40.9 Å². The van der Waals surface area contributed by atoms with Crippen molar-refractivity contribution in [1.29, 1.82) is 0 Å². The third-order valence-electron chi connectivity index (χ3n) is 16.9. The molecular weight excluding hydrogens is 1080 g/mol. The van der Waals surface area contributed by atoms with Crippen LogP contribution in [0.5, 0.6) is 0 Å². The van der Waals surface area contributed by atoms with Crippen LogP contribution in [0.15, 0.2) is 72.9 Å². The van der Waals surface area contributed by atoms with Gasteiger partial charge in [-0.05, 0) is 70.6 Å². The molecule has 0 aromatic rings. The normalized spacial score (nSPS) is 14.0. The van der Waals surface area contributed by atoms with Gasteiger partial charge in [0.1, 0.15) is 13.2 Å². The monoisotopic (exact) mass is 1230 g/mol. The maximum atomic E-state index is 13.0. The van der Waals surface area contributed by atoms with Gasteiger partial charge in [-0.2, -0.15) is 0 Å². The van der Waals surface area contributed by atoms with Crippen LogP contribution >= 0.6 is 7.82 Å². The van der Waals surface area contributed by atoms with Gasteiger partial charge in [-0.3, -0.25) is 9.36 Å². The van der Waals surface area contributed by atoms with Gasteiger partial charge < -0.3 is 28.8 Å². The molecule has 0 saturated carbocycles. The number of rotatable bonds is 69. The lowest BCUT2D eigenvalue weighted by Crippen LogP contribution is -2.45. The van der Waals surface area contributed by atoms with Crippen LogP contribution in [0.25, 0.3) is 0 Å². The maximum absolute atomic E-state index is 13.0. The molecule has 9 heteroatoms. The Labute approximate surface area is 535 Å². The number of hydrogen-bond acceptors (Lipinski definition) is 6. The Morgan fingerprint density at radius 1 is 0.419 bits per heavy atom. The molecule has 86 heavy (non-hydrogen) atoms. The van der Waals surface area contributed by atoms with E-state index in [1.807, 2.05) is 27.2 Å². The second-order valence-electron chi connectivity index (χ2n) is 26.6. The van der Waals surface area contributed by atoms with E-state index in [-0.39, 0.29) is 12.5 Å². The largest absolute Gasteiger partial charge is 0.756 e. The second kappa shape index (κ2) is 67.3. The molecule has 0 radical (unpaired) electrons. The van der Waals surface area contributed by atoms with Crippen LogP contribution in [-0.4, -0.2) is 68.5 Å². The average Bonchev–Trinajstić information content (AvgIpc) is 3.70. The van der Waals surface area contributed by atoms with Crippen LogP contribution < -0.4 is 10.2 Å². The molecule has 0 heterocycles. The van der Waals surface area contributed by atoms with Gasteiger partial charge in [-0.25, -0.2) is 0 Å². The SMILES string of the molecule is CC/C=C\C/C=C\C/C=C\C/C=C\CCCCCCCCCCCCCCCCCCCCCCCCCCCCCCC(=O)NC(COP(=O)([O-])OCC[N+](C)(C)C)C(O)/C=C/CC/C=C/CCCCCCCCCCCCCCCCCCC. The Bertz CT molecular complexity index is 1630. The number of phosphoric acid groups is 1. The van der Waals surface area contributed by atoms with Gasteiger partial charge >= 0.3 is 0 Å². The molecule has 8 nitrogen and oxygen atoms in total. The van der Waals surface area contributed by atoms with Gasteiger partial charge in [0.15, 0.2) is 0 Å². The molecule has 3 unspecified atom stereocenters. The zero-order valence-corrected chi connectivity index (χ0v) is 58.7. The van der Waals surface area contributed by atoms with E-state index in [0.29, 0.717) is 17.4 Å². The molecule has 0 aromatic carbocycles. The predicted molar refractivity (Wildman–Crippen MR) is 376 cm³/mol. The van der Waals surface area contributed by atoms with E-state index in [9.17, 15) is 19.4 Å². The molecule has 2 N–H and O–H groups in total. The van der Waals surface area contributed by atoms with Crippen molar-refractivity contribution in [3.8, 4) is 0 Å². The summed E-state index contributed by atoms with van der Waals surface area (Å²) in [6.07, 6.45) is 94.9. The number of quaternary nitrogens is 1. The molecule has 0 fully saturated rings. The maximum Gasteiger partial charge on any atom is 0.268 e. The highest BCUT2D eigenvalue weighted by molar-refractivity contribution is 7.45. The highest BCUT2D eigenvalue weighted by Crippen LogP contribution is 2.38. The molecule has 0 aliphatic rings. The van der Waals surface area contributed by atoms with Crippen molar-refractivity contribution in [3.63, 3.8) is 0 Å². The summed E-state index contributed by atoms with van der Waals surface area (Å²) < 4.78 is 23.5. The zero-order chi connectivity index (χ0) is 62.6. The van der Waals surface area contributed by atoms with Gasteiger partial charge in [-0.1, -0.05) is 356 Å². The Hall–Kier alpha value is -2.06. The Morgan fingerprint density at radius 2 is 0.721 bits per heavy atom. The van der Waals surface area contributed by atoms with Crippen molar-refractivity contribution < 1.29 is 32.9 Å². The lowest BCUT2D eigenvalue weighted by Gasteiger charge is -2.29. The minimum Gasteiger partial charge on any atom is -0.756 e. The van der Waals surface area contributed by atoms with E-state index in [1.54, 1.807) is 6.08 Å². The molecule has 0 aliphatic heterocycles. The summed E-state index contributed by atoms with van der Waals surface area (Å²) in [5.41, 5.74) is 0. The molecule has 0 rings (SSSR count). The third-order valence-corrected chi connectivity index (χ3v) is 17.9. The van der Waals surface area contributed by atoms with Crippen LogP contribution in [0.2, 0.25) is 0 Å². The van der Waals surface area contributed by atoms with Crippen molar-refractivity contribution in [3.05, 3.63) is 72.9 Å². The van der Waals surface area contributed by atoms with Crippen LogP contribution in [0, 0.1) is 0 Å². The first-order chi connectivity index (χ1) is 42.0. The van der Waals surface area contributed by atoms with E-state index in [4.69, 9.17) is 9.05 Å². The first kappa shape index (κ1) is 83.9. The summed E-state index contributed by atoms with van der Waals surface area (Å²) in [7, 11) is 1.26. The Balaban J connectivity index is 3.94. The van der Waals surface area contributed by atoms with Crippen LogP contribution in [0.1, 0.15) is 361 Å². The fourth-order valence-electron chi connectivity index (χ4n) is 11.2. The summed E-state index contributed by atoms with van der Waals surface area (Å²) in [4.78, 5) is 25.6. The number of carbonyl (C=O) groups is 1. The summed E-state index contributed by atoms with van der Waals surface area (Å²) in [5, 5.41) is 13.9. The van der Waals surface area contributed by atoms with Gasteiger partial charge in [0.2, 0.25) is 5.91 Å². The number of nitrogens with zero attached hydrogens (tertiary/aromatic N) is 1. The lowest BCUT2D eigenvalue weighted by atomic mass is 10.0. The number of likely N-dealkylation sites (N-methyl/N-ethyl adjacent to an activating group) is 1. The van der Waals surface area contributed by atoms with E-state index in [0.717, 1.165) is 64.2 Å². The van der Waals surface area contributed by atoms with Crippen LogP contribution in [0.4, 0.5) is 0 Å². The topological polar surface area (TPSA) is 108 Å². The van der Waals surface area contributed by atoms with Gasteiger partial charge in [0.05, 0.1) is 39.9 Å². The summed E-state index contributed by atoms with van der Waals surface area (Å²) in [5.74, 6) is -0.200. The summed E-state index contributed by atoms with van der Waals surface area (Å²) in [6, 6.07) is -0.905. The van der Waals surface area contributed by atoms with E-state index in [2.05, 4.69) is 79.9 Å². The summed E-state index contributed by atoms with van der Waals surface area (Å²) >= 11 is 0. The lowest BCUT2D eigenvalue weighted by molar-refractivity contribution is -0.870. The number of hydrogen-bond donors (Lipinski definition) is 2. The molecule has 3 atom stereocenters. The highest BCUT2D eigenvalue weighted by Gasteiger charge is 2.23. The quantitative estimate of drug-likeness (QED) is 0.0272. The fraction of sp³-hybridized carbons (Fsp3) is 0.831. The van der Waals surface area contributed by atoms with Gasteiger partial charge in [-0.15, -0.1) is 0 Å². The molecule has 504 valence electrons. The molecular formula is C77H145N2O6P. The van der Waals surface area contributed by atoms with Crippen molar-refractivity contribution in [1.82, 2.24) is 5.32 Å². The first-order valence-electron chi connectivity index (χ1n) is 37.3. The van der Waals surface area contributed by atoms with Crippen molar-refractivity contribution in [2.24, 2.45) is 0 Å². The van der Waals surface area contributed by atoms with Crippen molar-refractivity contribution >= 4 is 13.7 Å². The molecule has 0 spiro atoms. The smallest absolute Gasteiger partial charge is 0.268 e. The average molecular weight is 1230 g/mol. The molecule has 0 aliphatic carbocycles. The Kier molecular flexibility index (Phi) is 65.7. The standard InChI is InChI=1S/C77H145N2O6P/c1-6-8-10-12-14-16-18-20-22-24-26-28-30-31-32-33-34-35-36-37-38-39-40-41-42-43-44-45-46-47-49-51-53-55-57-59-61-63-65-67-69-71-77(81)78-75(74-85-86(82,83)84-73-72-79(3,4)5)76(80)70-68-66-64-62-60-58-56-54-52-50-48-29-27-25-23-21-19-17-15-13-11-9-7-2/h8,10,14,16,20,22,26,28,60,62,68,70,75-76,80H,6-7,9,11-13,15,17-19,21,23-25,27,29-59,61,63-67,69,71-74H2,1-5H3,(H-,78,81,82,83)/b10-8-,16-14-,22-20-,28-26-,62-60+,70-68+. The van der Waals surface area contributed by atoms with E-state index < -0.39 is 26.6 Å². The number of phosphoric ester groups is 1. The molecule has 0 bridgehead atoms. The predicted octanol–water partition coefficient (Wildman–Crippen LogP) is 23.5. The zero-order valence-electron chi connectivity index (χ0n) is 57.8. The van der Waals surface area contributed by atoms with Crippen molar-refractivity contribution in [2.45, 2.75) is 373 Å². The second-order valence-corrected chi connectivity index (χ2v) is 28.0. The summed E-state index contributed by atoms with van der Waals surface area (Å²) in [6.45, 7) is 4.56. The number of aliphatic hydroxyl groups excluding tert-OH is 1. The molecule has 0 saturated heterocycles. The number of nitrogens with one attached hydrogen (secondary N) is 1. The minimum absolute atomic E-state index is 0.00548. The fourth-order valence-corrected chi connectivity index (χ4v) is 11.9. The number of amides is 1. The number of aliphatic hydroxyl groups is 1. The first-order valence-corrected chi connectivity index (χ1v) is 38.8. The Morgan fingerprint density at radius 3 is 1.08 bits per heavy atom. The third kappa shape index (κ3) is 69.4. The number of allylic oxidation sites excluding steroid dienone is 11. The van der Waals surface area contributed by atoms with Crippen LogP contribution in [0.3, 0.4) is 0 Å². The van der Waals surface area contributed by atoms with E-state index >= 15 is 0 Å². The van der Waals surface area contributed by atoms with Gasteiger partial charge in [0.25, 0.3) is 7.82 Å². The highest BCUT2D eigenvalue weighted by atomic mass is 31.2. The number of carbonyl (C=O) groups excluding carboxylic acids is 1. The van der Waals surface area contributed by atoms with Gasteiger partial charge in [0, 0.05) is 6.42 Å². The van der Waals surface area contributed by atoms with Crippen LogP contribution in [-0.2, 0) is 18.4 Å². The molecule has 1 amide bonds.